The van der Waals surface area contributed by atoms with Gasteiger partial charge in [0.1, 0.15) is 0 Å². The van der Waals surface area contributed by atoms with E-state index in [1.165, 1.54) is 96.3 Å². The highest BCUT2D eigenvalue weighted by atomic mass is 19.2. The van der Waals surface area contributed by atoms with Gasteiger partial charge in [-0.15, -0.1) is 0 Å². The van der Waals surface area contributed by atoms with E-state index in [0.29, 0.717) is 5.92 Å². The Hall–Kier alpha value is -1.56. The highest BCUT2D eigenvalue weighted by Gasteiger charge is 2.30. The molecular formula is C28H40F2O. The fraction of sp³-hybridized carbons (Fsp3) is 0.714. The smallest absolute Gasteiger partial charge is 0.201 e. The van der Waals surface area contributed by atoms with Gasteiger partial charge in [-0.1, -0.05) is 70.1 Å². The fourth-order valence-corrected chi connectivity index (χ4v) is 5.69. The van der Waals surface area contributed by atoms with E-state index in [-0.39, 0.29) is 11.3 Å². The van der Waals surface area contributed by atoms with Gasteiger partial charge in [0, 0.05) is 5.92 Å². The summed E-state index contributed by atoms with van der Waals surface area (Å²) < 4.78 is 32.8. The summed E-state index contributed by atoms with van der Waals surface area (Å²) in [6.07, 6.45) is 18.8. The first kappa shape index (κ1) is 24.1. The first-order chi connectivity index (χ1) is 15.1. The lowest BCUT2D eigenvalue weighted by Crippen LogP contribution is -2.25. The van der Waals surface area contributed by atoms with Gasteiger partial charge in [0.2, 0.25) is 5.82 Å². The molecule has 3 rings (SSSR count). The predicted octanol–water partition coefficient (Wildman–Crippen LogP) is 8.30. The second kappa shape index (κ2) is 12.5. The normalized spacial score (nSPS) is 26.2. The van der Waals surface area contributed by atoms with Crippen LogP contribution in [0.3, 0.4) is 0 Å². The van der Waals surface area contributed by atoms with Gasteiger partial charge in [0.25, 0.3) is 0 Å². The van der Waals surface area contributed by atoms with Crippen molar-refractivity contribution >= 4 is 0 Å². The monoisotopic (exact) mass is 430 g/mol. The first-order valence-electron chi connectivity index (χ1n) is 12.7. The van der Waals surface area contributed by atoms with E-state index in [1.54, 1.807) is 0 Å². The highest BCUT2D eigenvalue weighted by Crippen LogP contribution is 2.42. The maximum Gasteiger partial charge on any atom is 0.201 e. The molecule has 0 heterocycles. The summed E-state index contributed by atoms with van der Waals surface area (Å²) in [7, 11) is 1.34. The van der Waals surface area contributed by atoms with Gasteiger partial charge >= 0.3 is 0 Å². The summed E-state index contributed by atoms with van der Waals surface area (Å²) in [5.41, 5.74) is 0.133. The van der Waals surface area contributed by atoms with Crippen molar-refractivity contribution in [1.29, 1.82) is 0 Å². The van der Waals surface area contributed by atoms with Gasteiger partial charge in [-0.3, -0.25) is 0 Å². The van der Waals surface area contributed by atoms with Gasteiger partial charge in [0.05, 0.1) is 12.7 Å². The van der Waals surface area contributed by atoms with Gasteiger partial charge in [0.15, 0.2) is 11.6 Å². The maximum atomic E-state index is 14.1. The molecule has 0 spiro atoms. The number of rotatable bonds is 8. The minimum absolute atomic E-state index is 0.0743. The van der Waals surface area contributed by atoms with E-state index < -0.39 is 11.6 Å². The van der Waals surface area contributed by atoms with Crippen LogP contribution in [0.1, 0.15) is 102 Å². The molecule has 0 unspecified atom stereocenters. The average Bonchev–Trinajstić information content (AvgIpc) is 2.81. The molecule has 0 amide bonds. The number of ether oxygens (including phenoxy) is 1. The van der Waals surface area contributed by atoms with Gasteiger partial charge < -0.3 is 4.74 Å². The van der Waals surface area contributed by atoms with Crippen LogP contribution >= 0.6 is 0 Å². The van der Waals surface area contributed by atoms with Crippen molar-refractivity contribution in [3.8, 4) is 17.6 Å². The molecule has 0 aromatic heterocycles. The molecule has 1 nitrogen and oxygen atoms in total. The number of hydrogen-bond acceptors (Lipinski definition) is 1. The standard InChI is InChI=1S/C28H40F2O/c1-3-4-5-6-7-8-21-9-14-23(15-10-21)24-16-11-22(12-17-24)13-18-25-19-20-26(31-2)28(30)27(25)29/h19-24H,3-12,14-17H2,1-2H3/t21-,22?,23-,24?. The molecule has 0 radical (unpaired) electrons. The van der Waals surface area contributed by atoms with E-state index >= 15 is 0 Å². The van der Waals surface area contributed by atoms with Crippen molar-refractivity contribution in [2.24, 2.45) is 23.7 Å². The quantitative estimate of drug-likeness (QED) is 0.298. The van der Waals surface area contributed by atoms with Crippen LogP contribution in [-0.2, 0) is 0 Å². The minimum atomic E-state index is -0.949. The maximum absolute atomic E-state index is 14.1. The Morgan fingerprint density at radius 3 is 2.13 bits per heavy atom. The summed E-state index contributed by atoms with van der Waals surface area (Å²) >= 11 is 0. The summed E-state index contributed by atoms with van der Waals surface area (Å²) in [5.74, 6) is 7.20. The topological polar surface area (TPSA) is 9.23 Å². The zero-order valence-electron chi connectivity index (χ0n) is 19.5. The summed E-state index contributed by atoms with van der Waals surface area (Å²) in [6.45, 7) is 2.28. The molecule has 1 aromatic carbocycles. The second-order valence-corrected chi connectivity index (χ2v) is 9.81. The molecule has 0 bridgehead atoms. The van der Waals surface area contributed by atoms with Crippen LogP contribution in [0.2, 0.25) is 0 Å². The lowest BCUT2D eigenvalue weighted by atomic mass is 9.69. The summed E-state index contributed by atoms with van der Waals surface area (Å²) in [6, 6.07) is 2.96. The van der Waals surface area contributed by atoms with Gasteiger partial charge in [-0.05, 0) is 68.4 Å². The Kier molecular flexibility index (Phi) is 9.69. The summed E-state index contributed by atoms with van der Waals surface area (Å²) in [4.78, 5) is 0. The van der Waals surface area contributed by atoms with Gasteiger partial charge in [-0.25, -0.2) is 4.39 Å². The Morgan fingerprint density at radius 1 is 0.839 bits per heavy atom. The van der Waals surface area contributed by atoms with Crippen LogP contribution in [0.25, 0.3) is 0 Å². The summed E-state index contributed by atoms with van der Waals surface area (Å²) in [5, 5.41) is 0. The molecule has 2 aliphatic rings. The average molecular weight is 431 g/mol. The molecule has 0 N–H and O–H groups in total. The van der Waals surface area contributed by atoms with E-state index in [9.17, 15) is 8.78 Å². The number of halogens is 2. The molecule has 3 heteroatoms. The molecule has 0 atom stereocenters. The molecule has 2 aliphatic carbocycles. The highest BCUT2D eigenvalue weighted by molar-refractivity contribution is 5.41. The van der Waals surface area contributed by atoms with E-state index in [4.69, 9.17) is 4.74 Å². The third kappa shape index (κ3) is 6.96. The van der Waals surface area contributed by atoms with Crippen LogP contribution in [0.15, 0.2) is 12.1 Å². The fourth-order valence-electron chi connectivity index (χ4n) is 5.69. The van der Waals surface area contributed by atoms with Crippen molar-refractivity contribution in [2.75, 3.05) is 7.11 Å². The zero-order valence-corrected chi connectivity index (χ0v) is 19.5. The van der Waals surface area contributed by atoms with Crippen LogP contribution in [-0.4, -0.2) is 7.11 Å². The largest absolute Gasteiger partial charge is 0.494 e. The van der Waals surface area contributed by atoms with E-state index in [2.05, 4.69) is 18.8 Å². The Bertz CT molecular complexity index is 731. The molecule has 2 fully saturated rings. The van der Waals surface area contributed by atoms with Crippen molar-refractivity contribution in [3.63, 3.8) is 0 Å². The van der Waals surface area contributed by atoms with Crippen LogP contribution in [0.4, 0.5) is 8.78 Å². The number of unbranched alkanes of at least 4 members (excludes halogenated alkanes) is 4. The molecular weight excluding hydrogens is 390 g/mol. The lowest BCUT2D eigenvalue weighted by Gasteiger charge is -2.37. The third-order valence-electron chi connectivity index (χ3n) is 7.72. The van der Waals surface area contributed by atoms with Crippen LogP contribution in [0, 0.1) is 47.1 Å². The van der Waals surface area contributed by atoms with Crippen LogP contribution in [0.5, 0.6) is 5.75 Å². The van der Waals surface area contributed by atoms with Crippen molar-refractivity contribution in [1.82, 2.24) is 0 Å². The molecule has 0 aliphatic heterocycles. The third-order valence-corrected chi connectivity index (χ3v) is 7.72. The first-order valence-corrected chi connectivity index (χ1v) is 12.7. The molecule has 2 saturated carbocycles. The molecule has 172 valence electrons. The Morgan fingerprint density at radius 2 is 1.48 bits per heavy atom. The van der Waals surface area contributed by atoms with E-state index in [1.807, 2.05) is 0 Å². The lowest BCUT2D eigenvalue weighted by molar-refractivity contribution is 0.153. The second-order valence-electron chi connectivity index (χ2n) is 9.81. The van der Waals surface area contributed by atoms with Crippen molar-refractivity contribution < 1.29 is 13.5 Å². The molecule has 31 heavy (non-hydrogen) atoms. The number of benzene rings is 1. The SMILES string of the molecule is CCCCCCC[C@H]1CC[C@H](C2CCC(C#Cc3ccc(OC)c(F)c3F)CC2)CC1. The number of methoxy groups -OCH3 is 1. The number of hydrogen-bond donors (Lipinski definition) is 0. The minimum Gasteiger partial charge on any atom is -0.494 e. The van der Waals surface area contributed by atoms with Gasteiger partial charge in [-0.2, -0.15) is 4.39 Å². The van der Waals surface area contributed by atoms with Crippen LogP contribution < -0.4 is 4.74 Å². The van der Waals surface area contributed by atoms with Crippen molar-refractivity contribution in [3.05, 3.63) is 29.3 Å². The Labute approximate surface area is 188 Å². The van der Waals surface area contributed by atoms with E-state index in [0.717, 1.165) is 30.6 Å². The predicted molar refractivity (Wildman–Crippen MR) is 124 cm³/mol. The molecule has 0 saturated heterocycles. The zero-order chi connectivity index (χ0) is 22.1. The molecule has 1 aromatic rings. The Balaban J connectivity index is 1.39. The van der Waals surface area contributed by atoms with Crippen molar-refractivity contribution in [2.45, 2.75) is 96.8 Å².